The third-order valence-corrected chi connectivity index (χ3v) is 4.74. The Labute approximate surface area is 114 Å². The number of nitro benzene ring substituents is 1. The molecule has 0 amide bonds. The van der Waals surface area contributed by atoms with Gasteiger partial charge in [0.05, 0.1) is 4.92 Å². The van der Waals surface area contributed by atoms with Gasteiger partial charge < -0.3 is 4.90 Å². The number of alkyl halides is 1. The van der Waals surface area contributed by atoms with Crippen molar-refractivity contribution in [3.05, 3.63) is 33.9 Å². The van der Waals surface area contributed by atoms with Crippen LogP contribution in [0.5, 0.6) is 0 Å². The summed E-state index contributed by atoms with van der Waals surface area (Å²) < 4.78 is 0. The second-order valence-electron chi connectivity index (χ2n) is 5.19. The molecule has 0 spiro atoms. The topological polar surface area (TPSA) is 46.4 Å². The maximum absolute atomic E-state index is 10.8. The molecule has 1 saturated carbocycles. The summed E-state index contributed by atoms with van der Waals surface area (Å²) in [6.45, 7) is 1.11. The zero-order valence-electron chi connectivity index (χ0n) is 10.0. The summed E-state index contributed by atoms with van der Waals surface area (Å²) in [5.41, 5.74) is 2.37. The van der Waals surface area contributed by atoms with Gasteiger partial charge in [-0.1, -0.05) is 15.9 Å². The van der Waals surface area contributed by atoms with Crippen molar-refractivity contribution < 1.29 is 4.92 Å². The highest BCUT2D eigenvalue weighted by Crippen LogP contribution is 2.42. The van der Waals surface area contributed by atoms with Crippen LogP contribution in [0, 0.1) is 16.0 Å². The summed E-state index contributed by atoms with van der Waals surface area (Å²) in [4.78, 5) is 12.9. The average Bonchev–Trinajstić information content (AvgIpc) is 3.00. The maximum atomic E-state index is 10.8. The van der Waals surface area contributed by atoms with Gasteiger partial charge in [-0.2, -0.15) is 0 Å². The van der Waals surface area contributed by atoms with Crippen molar-refractivity contribution in [2.24, 2.45) is 5.92 Å². The molecule has 5 heteroatoms. The Balaban J connectivity index is 1.94. The lowest BCUT2D eigenvalue weighted by Gasteiger charge is -2.30. The minimum atomic E-state index is -0.327. The van der Waals surface area contributed by atoms with Crippen LogP contribution < -0.4 is 4.90 Å². The van der Waals surface area contributed by atoms with Crippen molar-refractivity contribution in [1.29, 1.82) is 0 Å². The number of benzene rings is 1. The van der Waals surface area contributed by atoms with Crippen LogP contribution in [-0.4, -0.2) is 17.5 Å². The lowest BCUT2D eigenvalue weighted by atomic mass is 10.1. The van der Waals surface area contributed by atoms with Crippen molar-refractivity contribution in [3.8, 4) is 0 Å². The van der Waals surface area contributed by atoms with Crippen molar-refractivity contribution in [2.75, 3.05) is 11.4 Å². The van der Waals surface area contributed by atoms with E-state index in [9.17, 15) is 10.1 Å². The Morgan fingerprint density at radius 2 is 2.28 bits per heavy atom. The lowest BCUT2D eigenvalue weighted by Crippen LogP contribution is -2.32. The van der Waals surface area contributed by atoms with E-state index in [-0.39, 0.29) is 10.6 Å². The largest absolute Gasteiger partial charge is 0.368 e. The monoisotopic (exact) mass is 310 g/mol. The summed E-state index contributed by atoms with van der Waals surface area (Å²) in [6, 6.07) is 5.87. The summed E-state index contributed by atoms with van der Waals surface area (Å²) in [5, 5.41) is 11.5. The van der Waals surface area contributed by atoms with Crippen LogP contribution in [0.15, 0.2) is 18.2 Å². The molecule has 0 radical (unpaired) electrons. The van der Waals surface area contributed by atoms with E-state index in [2.05, 4.69) is 20.8 Å². The van der Waals surface area contributed by atoms with Gasteiger partial charge in [0.15, 0.2) is 0 Å². The van der Waals surface area contributed by atoms with Gasteiger partial charge >= 0.3 is 0 Å². The van der Waals surface area contributed by atoms with E-state index in [1.54, 1.807) is 12.1 Å². The lowest BCUT2D eigenvalue weighted by molar-refractivity contribution is -0.384. The third kappa shape index (κ3) is 1.90. The van der Waals surface area contributed by atoms with E-state index in [0.717, 1.165) is 18.0 Å². The molecule has 1 aromatic carbocycles. The van der Waals surface area contributed by atoms with Crippen LogP contribution in [0.2, 0.25) is 0 Å². The summed E-state index contributed by atoms with van der Waals surface area (Å²) in [5.74, 6) is 0.827. The molecule has 2 atom stereocenters. The number of halogens is 1. The SMILES string of the molecule is O=[N+]([O-])c1ccc(N2CC3CCC2C3)c(CBr)c1. The van der Waals surface area contributed by atoms with Gasteiger partial charge in [-0.05, 0) is 36.8 Å². The number of rotatable bonds is 3. The number of non-ortho nitro benzene ring substituents is 1. The van der Waals surface area contributed by atoms with Crippen molar-refractivity contribution in [1.82, 2.24) is 0 Å². The van der Waals surface area contributed by atoms with Gasteiger partial charge in [0.25, 0.3) is 5.69 Å². The summed E-state index contributed by atoms with van der Waals surface area (Å²) in [6.07, 6.45) is 3.90. The first-order chi connectivity index (χ1) is 8.69. The fourth-order valence-electron chi connectivity index (χ4n) is 3.29. The fourth-order valence-corrected chi connectivity index (χ4v) is 3.74. The van der Waals surface area contributed by atoms with E-state index >= 15 is 0 Å². The van der Waals surface area contributed by atoms with E-state index in [4.69, 9.17) is 0 Å². The molecule has 2 fully saturated rings. The maximum Gasteiger partial charge on any atom is 0.269 e. The Kier molecular flexibility index (Phi) is 3.01. The van der Waals surface area contributed by atoms with E-state index in [0.29, 0.717) is 11.4 Å². The average molecular weight is 311 g/mol. The van der Waals surface area contributed by atoms with E-state index < -0.39 is 0 Å². The normalized spacial score (nSPS) is 25.7. The number of nitro groups is 1. The number of nitrogens with zero attached hydrogens (tertiary/aromatic N) is 2. The second kappa shape index (κ2) is 4.53. The Bertz CT molecular complexity index is 492. The van der Waals surface area contributed by atoms with Crippen molar-refractivity contribution in [2.45, 2.75) is 30.6 Å². The van der Waals surface area contributed by atoms with Gasteiger partial charge in [0, 0.05) is 35.7 Å². The molecule has 18 heavy (non-hydrogen) atoms. The smallest absolute Gasteiger partial charge is 0.269 e. The molecule has 1 aromatic rings. The zero-order chi connectivity index (χ0) is 12.7. The quantitative estimate of drug-likeness (QED) is 0.488. The number of fused-ring (bicyclic) bond motifs is 2. The standard InChI is InChI=1S/C13H15BrN2O2/c14-7-10-6-12(16(17)18)3-4-13(10)15-8-9-1-2-11(15)5-9/h3-4,6,9,11H,1-2,5,7-8H2. The van der Waals surface area contributed by atoms with Crippen molar-refractivity contribution >= 4 is 27.3 Å². The molecule has 2 aliphatic rings. The number of anilines is 1. The first kappa shape index (κ1) is 12.0. The van der Waals surface area contributed by atoms with Gasteiger partial charge in [0.1, 0.15) is 0 Å². The van der Waals surface area contributed by atoms with E-state index in [1.165, 1.54) is 24.9 Å². The van der Waals surface area contributed by atoms with Crippen LogP contribution in [0.3, 0.4) is 0 Å². The molecule has 1 heterocycles. The molecular weight excluding hydrogens is 296 g/mol. The molecule has 96 valence electrons. The third-order valence-electron chi connectivity index (χ3n) is 4.14. The van der Waals surface area contributed by atoms with Gasteiger partial charge in [0.2, 0.25) is 0 Å². The molecule has 2 unspecified atom stereocenters. The van der Waals surface area contributed by atoms with Gasteiger partial charge in [-0.3, -0.25) is 10.1 Å². The predicted octanol–water partition coefficient (Wildman–Crippen LogP) is 3.48. The summed E-state index contributed by atoms with van der Waals surface area (Å²) >= 11 is 3.44. The van der Waals surface area contributed by atoms with Crippen LogP contribution in [-0.2, 0) is 5.33 Å². The molecule has 3 rings (SSSR count). The molecule has 0 N–H and O–H groups in total. The first-order valence-electron chi connectivity index (χ1n) is 6.29. The molecule has 1 aliphatic carbocycles. The van der Waals surface area contributed by atoms with Crippen LogP contribution in [0.1, 0.15) is 24.8 Å². The highest BCUT2D eigenvalue weighted by Gasteiger charge is 2.38. The van der Waals surface area contributed by atoms with Crippen molar-refractivity contribution in [3.63, 3.8) is 0 Å². The zero-order valence-corrected chi connectivity index (χ0v) is 11.6. The molecule has 2 bridgehead atoms. The Hall–Kier alpha value is -1.10. The molecular formula is C13H15BrN2O2. The molecule has 0 aromatic heterocycles. The highest BCUT2D eigenvalue weighted by molar-refractivity contribution is 9.08. The van der Waals surface area contributed by atoms with Crippen LogP contribution >= 0.6 is 15.9 Å². The molecule has 1 aliphatic heterocycles. The molecule has 1 saturated heterocycles. The van der Waals surface area contributed by atoms with Gasteiger partial charge in [-0.25, -0.2) is 0 Å². The summed E-state index contributed by atoms with van der Waals surface area (Å²) in [7, 11) is 0. The Morgan fingerprint density at radius 1 is 1.44 bits per heavy atom. The number of hydrogen-bond donors (Lipinski definition) is 0. The Morgan fingerprint density at radius 3 is 2.83 bits per heavy atom. The number of piperidine rings is 1. The minimum Gasteiger partial charge on any atom is -0.368 e. The van der Waals surface area contributed by atoms with Crippen LogP contribution in [0.25, 0.3) is 0 Å². The highest BCUT2D eigenvalue weighted by atomic mass is 79.9. The number of hydrogen-bond acceptors (Lipinski definition) is 3. The van der Waals surface area contributed by atoms with Crippen LogP contribution in [0.4, 0.5) is 11.4 Å². The van der Waals surface area contributed by atoms with Gasteiger partial charge in [-0.15, -0.1) is 0 Å². The first-order valence-corrected chi connectivity index (χ1v) is 7.41. The minimum absolute atomic E-state index is 0.178. The second-order valence-corrected chi connectivity index (χ2v) is 5.75. The fraction of sp³-hybridized carbons (Fsp3) is 0.538. The predicted molar refractivity (Wildman–Crippen MR) is 74.2 cm³/mol. The molecule has 4 nitrogen and oxygen atoms in total. The van der Waals surface area contributed by atoms with E-state index in [1.807, 2.05) is 6.07 Å².